The number of hydrogen-bond donors (Lipinski definition) is 1. The fourth-order valence-electron chi connectivity index (χ4n) is 2.25. The summed E-state index contributed by atoms with van der Waals surface area (Å²) in [6, 6.07) is 18.8. The molecule has 1 aromatic heterocycles. The van der Waals surface area contributed by atoms with E-state index in [-0.39, 0.29) is 6.04 Å². The lowest BCUT2D eigenvalue weighted by Crippen LogP contribution is -2.04. The summed E-state index contributed by atoms with van der Waals surface area (Å²) in [7, 11) is 0. The maximum absolute atomic E-state index is 5.94. The summed E-state index contributed by atoms with van der Waals surface area (Å²) in [6.45, 7) is 2.00. The third kappa shape index (κ3) is 2.35. The molecule has 0 aliphatic carbocycles. The van der Waals surface area contributed by atoms with Crippen molar-refractivity contribution >= 4 is 10.9 Å². The average Bonchev–Trinajstić information content (AvgIpc) is 2.47. The number of hydrogen-bond acceptors (Lipinski definition) is 2. The molecule has 0 aliphatic heterocycles. The SMILES string of the molecule is CC(N)c1cccc(-c2ccc3cccnc3c2)c1. The van der Waals surface area contributed by atoms with E-state index in [1.54, 1.807) is 0 Å². The average molecular weight is 248 g/mol. The van der Waals surface area contributed by atoms with Crippen LogP contribution in [0.5, 0.6) is 0 Å². The molecule has 3 rings (SSSR count). The van der Waals surface area contributed by atoms with Gasteiger partial charge in [0, 0.05) is 17.6 Å². The molecule has 0 fully saturated rings. The van der Waals surface area contributed by atoms with Gasteiger partial charge in [-0.05, 0) is 41.8 Å². The zero-order valence-corrected chi connectivity index (χ0v) is 10.9. The number of rotatable bonds is 2. The van der Waals surface area contributed by atoms with Crippen molar-refractivity contribution in [2.75, 3.05) is 0 Å². The second-order valence-electron chi connectivity index (χ2n) is 4.83. The highest BCUT2D eigenvalue weighted by molar-refractivity contribution is 5.84. The number of fused-ring (bicyclic) bond motifs is 1. The number of benzene rings is 2. The molecule has 2 nitrogen and oxygen atoms in total. The third-order valence-electron chi connectivity index (χ3n) is 3.35. The van der Waals surface area contributed by atoms with Crippen LogP contribution in [-0.4, -0.2) is 4.98 Å². The van der Waals surface area contributed by atoms with Crippen LogP contribution in [0.4, 0.5) is 0 Å². The van der Waals surface area contributed by atoms with Crippen LogP contribution in [-0.2, 0) is 0 Å². The van der Waals surface area contributed by atoms with E-state index in [1.807, 2.05) is 19.2 Å². The summed E-state index contributed by atoms with van der Waals surface area (Å²) < 4.78 is 0. The van der Waals surface area contributed by atoms with E-state index in [2.05, 4.69) is 53.5 Å². The Kier molecular flexibility index (Phi) is 3.02. The fourth-order valence-corrected chi connectivity index (χ4v) is 2.25. The summed E-state index contributed by atoms with van der Waals surface area (Å²) in [4.78, 5) is 4.40. The van der Waals surface area contributed by atoms with Gasteiger partial charge in [0.15, 0.2) is 0 Å². The first-order valence-corrected chi connectivity index (χ1v) is 6.45. The Balaban J connectivity index is 2.11. The molecule has 0 amide bonds. The molecule has 0 bridgehead atoms. The molecule has 1 heterocycles. The Morgan fingerprint density at radius 3 is 2.63 bits per heavy atom. The quantitative estimate of drug-likeness (QED) is 0.746. The molecule has 0 saturated carbocycles. The predicted molar refractivity (Wildman–Crippen MR) is 79.8 cm³/mol. The molecule has 2 N–H and O–H groups in total. The van der Waals surface area contributed by atoms with Gasteiger partial charge in [0.2, 0.25) is 0 Å². The van der Waals surface area contributed by atoms with Crippen LogP contribution in [0.1, 0.15) is 18.5 Å². The number of nitrogens with zero attached hydrogens (tertiary/aromatic N) is 1. The highest BCUT2D eigenvalue weighted by Crippen LogP contribution is 2.25. The van der Waals surface area contributed by atoms with Crippen molar-refractivity contribution in [1.29, 1.82) is 0 Å². The fraction of sp³-hybridized carbons (Fsp3) is 0.118. The van der Waals surface area contributed by atoms with Crippen LogP contribution >= 0.6 is 0 Å². The minimum Gasteiger partial charge on any atom is -0.324 e. The van der Waals surface area contributed by atoms with Crippen molar-refractivity contribution in [1.82, 2.24) is 4.98 Å². The standard InChI is InChI=1S/C17H16N2/c1-12(18)14-4-2-5-15(10-14)16-8-7-13-6-3-9-19-17(13)11-16/h2-12H,18H2,1H3. The normalized spacial score (nSPS) is 12.5. The van der Waals surface area contributed by atoms with Crippen LogP contribution in [0, 0.1) is 0 Å². The smallest absolute Gasteiger partial charge is 0.0708 e. The largest absolute Gasteiger partial charge is 0.324 e. The van der Waals surface area contributed by atoms with Crippen LogP contribution in [0.3, 0.4) is 0 Å². The Hall–Kier alpha value is -2.19. The minimum atomic E-state index is 0.0542. The van der Waals surface area contributed by atoms with Crippen molar-refractivity contribution in [3.63, 3.8) is 0 Å². The lowest BCUT2D eigenvalue weighted by atomic mass is 9.99. The predicted octanol–water partition coefficient (Wildman–Crippen LogP) is 3.92. The van der Waals surface area contributed by atoms with Gasteiger partial charge in [-0.3, -0.25) is 4.98 Å². The first-order chi connectivity index (χ1) is 9.24. The molecule has 19 heavy (non-hydrogen) atoms. The maximum atomic E-state index is 5.94. The molecule has 2 heteroatoms. The highest BCUT2D eigenvalue weighted by atomic mass is 14.6. The molecular formula is C17H16N2. The second kappa shape index (κ2) is 4.82. The Morgan fingerprint density at radius 2 is 1.79 bits per heavy atom. The van der Waals surface area contributed by atoms with Gasteiger partial charge in [-0.1, -0.05) is 36.4 Å². The molecule has 0 spiro atoms. The number of nitrogens with two attached hydrogens (primary N) is 1. The van der Waals surface area contributed by atoms with Crippen molar-refractivity contribution in [2.24, 2.45) is 5.73 Å². The minimum absolute atomic E-state index is 0.0542. The van der Waals surface area contributed by atoms with E-state index >= 15 is 0 Å². The molecule has 0 saturated heterocycles. The molecule has 2 aromatic carbocycles. The molecule has 1 atom stereocenters. The number of pyridine rings is 1. The van der Waals surface area contributed by atoms with Gasteiger partial charge >= 0.3 is 0 Å². The van der Waals surface area contributed by atoms with Gasteiger partial charge < -0.3 is 5.73 Å². The van der Waals surface area contributed by atoms with Crippen LogP contribution in [0.15, 0.2) is 60.8 Å². The van der Waals surface area contributed by atoms with Crippen LogP contribution < -0.4 is 5.73 Å². The van der Waals surface area contributed by atoms with Gasteiger partial charge in [0.05, 0.1) is 5.52 Å². The molecule has 0 aliphatic rings. The van der Waals surface area contributed by atoms with E-state index in [9.17, 15) is 0 Å². The van der Waals surface area contributed by atoms with Gasteiger partial charge in [-0.2, -0.15) is 0 Å². The van der Waals surface area contributed by atoms with Crippen molar-refractivity contribution in [3.05, 3.63) is 66.4 Å². The van der Waals surface area contributed by atoms with Gasteiger partial charge in [0.1, 0.15) is 0 Å². The van der Waals surface area contributed by atoms with Crippen LogP contribution in [0.25, 0.3) is 22.0 Å². The van der Waals surface area contributed by atoms with Crippen molar-refractivity contribution in [2.45, 2.75) is 13.0 Å². The van der Waals surface area contributed by atoms with E-state index in [1.165, 1.54) is 11.1 Å². The topological polar surface area (TPSA) is 38.9 Å². The van der Waals surface area contributed by atoms with Crippen LogP contribution in [0.2, 0.25) is 0 Å². The molecule has 0 radical (unpaired) electrons. The Morgan fingerprint density at radius 1 is 0.947 bits per heavy atom. The monoisotopic (exact) mass is 248 g/mol. The summed E-state index contributed by atoms with van der Waals surface area (Å²) in [5, 5.41) is 1.16. The van der Waals surface area contributed by atoms with Gasteiger partial charge in [-0.25, -0.2) is 0 Å². The van der Waals surface area contributed by atoms with E-state index in [0.717, 1.165) is 16.5 Å². The lowest BCUT2D eigenvalue weighted by Gasteiger charge is -2.09. The zero-order chi connectivity index (χ0) is 13.2. The van der Waals surface area contributed by atoms with Crippen molar-refractivity contribution in [3.8, 4) is 11.1 Å². The van der Waals surface area contributed by atoms with E-state index in [4.69, 9.17) is 5.73 Å². The van der Waals surface area contributed by atoms with Gasteiger partial charge in [0.25, 0.3) is 0 Å². The first-order valence-electron chi connectivity index (χ1n) is 6.45. The molecular weight excluding hydrogens is 232 g/mol. The molecule has 1 unspecified atom stereocenters. The lowest BCUT2D eigenvalue weighted by molar-refractivity contribution is 0.819. The highest BCUT2D eigenvalue weighted by Gasteiger charge is 2.03. The Bertz CT molecular complexity index is 717. The zero-order valence-electron chi connectivity index (χ0n) is 10.9. The Labute approximate surface area is 112 Å². The number of aromatic nitrogens is 1. The molecule has 3 aromatic rings. The molecule has 94 valence electrons. The van der Waals surface area contributed by atoms with E-state index < -0.39 is 0 Å². The summed E-state index contributed by atoms with van der Waals surface area (Å²) in [6.07, 6.45) is 1.82. The van der Waals surface area contributed by atoms with E-state index in [0.29, 0.717) is 0 Å². The van der Waals surface area contributed by atoms with Crippen molar-refractivity contribution < 1.29 is 0 Å². The second-order valence-corrected chi connectivity index (χ2v) is 4.83. The summed E-state index contributed by atoms with van der Waals surface area (Å²) in [5.74, 6) is 0. The summed E-state index contributed by atoms with van der Waals surface area (Å²) >= 11 is 0. The maximum Gasteiger partial charge on any atom is 0.0708 e. The first kappa shape index (κ1) is 11.9. The van der Waals surface area contributed by atoms with Gasteiger partial charge in [-0.15, -0.1) is 0 Å². The third-order valence-corrected chi connectivity index (χ3v) is 3.35. The summed E-state index contributed by atoms with van der Waals surface area (Å²) in [5.41, 5.74) is 10.5.